The fourth-order valence-electron chi connectivity index (χ4n) is 4.15. The van der Waals surface area contributed by atoms with Crippen LogP contribution in [0.2, 0.25) is 0 Å². The number of carbonyl (C=O) groups excluding carboxylic acids is 1. The highest BCUT2D eigenvalue weighted by Crippen LogP contribution is 2.34. The lowest BCUT2D eigenvalue weighted by Crippen LogP contribution is -2.47. The fraction of sp³-hybridized carbons (Fsp3) is 0.500. The van der Waals surface area contributed by atoms with Crippen molar-refractivity contribution in [2.45, 2.75) is 57.3 Å². The van der Waals surface area contributed by atoms with Crippen molar-refractivity contribution < 1.29 is 14.6 Å². The van der Waals surface area contributed by atoms with Crippen LogP contribution in [0.3, 0.4) is 0 Å². The van der Waals surface area contributed by atoms with Crippen molar-refractivity contribution in [3.8, 4) is 11.3 Å². The monoisotopic (exact) mass is 396 g/mol. The molecule has 1 aromatic carbocycles. The summed E-state index contributed by atoms with van der Waals surface area (Å²) in [7, 11) is 1.76. The molecule has 2 aromatic rings. The minimum absolute atomic E-state index is 0.0528. The van der Waals surface area contributed by atoms with Crippen molar-refractivity contribution >= 4 is 17.5 Å². The molecule has 0 spiro atoms. The third-order valence-electron chi connectivity index (χ3n) is 5.90. The third kappa shape index (κ3) is 4.11. The number of hydrogen-bond donors (Lipinski definition) is 2. The van der Waals surface area contributed by atoms with Gasteiger partial charge in [0.1, 0.15) is 0 Å². The van der Waals surface area contributed by atoms with E-state index in [1.54, 1.807) is 27.2 Å². The first-order chi connectivity index (χ1) is 13.8. The zero-order valence-electron chi connectivity index (χ0n) is 17.2. The summed E-state index contributed by atoms with van der Waals surface area (Å²) in [5, 5.41) is 13.0. The topological polar surface area (TPSA) is 87.6 Å². The molecule has 1 aliphatic heterocycles. The number of benzene rings is 1. The highest BCUT2D eigenvalue weighted by Gasteiger charge is 2.33. The second-order valence-electron chi connectivity index (χ2n) is 8.41. The number of rotatable bonds is 4. The number of aliphatic hydroxyl groups is 1. The van der Waals surface area contributed by atoms with Gasteiger partial charge in [-0.1, -0.05) is 24.3 Å². The lowest BCUT2D eigenvalue weighted by atomic mass is 9.91. The van der Waals surface area contributed by atoms with Gasteiger partial charge in [-0.25, -0.2) is 9.97 Å². The van der Waals surface area contributed by atoms with Crippen molar-refractivity contribution in [1.29, 1.82) is 0 Å². The van der Waals surface area contributed by atoms with Gasteiger partial charge in [0.25, 0.3) is 0 Å². The SMILES string of the molecule is COC1CCC(N2CC(=O)Nc3ncc(-c4ccc(C(C)(C)O)cc4)nc32)CC1. The molecule has 7 nitrogen and oxygen atoms in total. The van der Waals surface area contributed by atoms with Crippen molar-refractivity contribution in [3.05, 3.63) is 36.0 Å². The molecule has 1 aromatic heterocycles. The van der Waals surface area contributed by atoms with Crippen LogP contribution in [0.4, 0.5) is 11.6 Å². The second kappa shape index (κ2) is 7.72. The van der Waals surface area contributed by atoms with Crippen molar-refractivity contribution in [2.24, 2.45) is 0 Å². The van der Waals surface area contributed by atoms with Crippen molar-refractivity contribution in [1.82, 2.24) is 9.97 Å². The zero-order chi connectivity index (χ0) is 20.6. The Bertz CT molecular complexity index is 884. The molecule has 29 heavy (non-hydrogen) atoms. The number of ether oxygens (including phenoxy) is 1. The number of carbonyl (C=O) groups is 1. The smallest absolute Gasteiger partial charge is 0.245 e. The Kier molecular flexibility index (Phi) is 5.27. The number of amides is 1. The maximum Gasteiger partial charge on any atom is 0.245 e. The average Bonchev–Trinajstić information content (AvgIpc) is 2.72. The molecule has 0 saturated heterocycles. The highest BCUT2D eigenvalue weighted by atomic mass is 16.5. The number of nitrogens with one attached hydrogen (secondary N) is 1. The summed E-state index contributed by atoms with van der Waals surface area (Å²) in [6.45, 7) is 3.82. The van der Waals surface area contributed by atoms with E-state index in [0.29, 0.717) is 18.5 Å². The minimum atomic E-state index is -0.887. The van der Waals surface area contributed by atoms with Gasteiger partial charge in [-0.15, -0.1) is 0 Å². The molecule has 1 fully saturated rings. The maximum atomic E-state index is 12.2. The molecule has 2 N–H and O–H groups in total. The number of aromatic nitrogens is 2. The van der Waals surface area contributed by atoms with Crippen molar-refractivity contribution in [2.75, 3.05) is 23.9 Å². The van der Waals surface area contributed by atoms with Crippen molar-refractivity contribution in [3.63, 3.8) is 0 Å². The summed E-state index contributed by atoms with van der Waals surface area (Å²) >= 11 is 0. The molecule has 0 atom stereocenters. The number of nitrogens with zero attached hydrogens (tertiary/aromatic N) is 3. The van der Waals surface area contributed by atoms with Gasteiger partial charge in [-0.3, -0.25) is 4.79 Å². The first kappa shape index (κ1) is 19.8. The van der Waals surface area contributed by atoms with E-state index < -0.39 is 5.60 Å². The van der Waals surface area contributed by atoms with Crippen LogP contribution in [0.5, 0.6) is 0 Å². The fourth-order valence-corrected chi connectivity index (χ4v) is 4.15. The molecule has 7 heteroatoms. The molecule has 1 amide bonds. The predicted molar refractivity (Wildman–Crippen MR) is 112 cm³/mol. The second-order valence-corrected chi connectivity index (χ2v) is 8.41. The Morgan fingerprint density at radius 1 is 1.17 bits per heavy atom. The molecular weight excluding hydrogens is 368 g/mol. The zero-order valence-corrected chi connectivity index (χ0v) is 17.2. The van der Waals surface area contributed by atoms with E-state index in [-0.39, 0.29) is 11.9 Å². The van der Waals surface area contributed by atoms with Crippen LogP contribution >= 0.6 is 0 Å². The summed E-state index contributed by atoms with van der Waals surface area (Å²) < 4.78 is 5.48. The van der Waals surface area contributed by atoms with Crippen LogP contribution in [0.25, 0.3) is 11.3 Å². The Morgan fingerprint density at radius 3 is 2.48 bits per heavy atom. The highest BCUT2D eigenvalue weighted by molar-refractivity contribution is 5.99. The molecule has 154 valence electrons. The summed E-state index contributed by atoms with van der Waals surface area (Å²) in [5.41, 5.74) is 1.63. The van der Waals surface area contributed by atoms with E-state index in [2.05, 4.69) is 15.2 Å². The summed E-state index contributed by atoms with van der Waals surface area (Å²) in [6.07, 6.45) is 5.90. The molecule has 4 rings (SSSR count). The van der Waals surface area contributed by atoms with Crippen LogP contribution in [-0.4, -0.2) is 46.8 Å². The summed E-state index contributed by atoms with van der Waals surface area (Å²) in [6, 6.07) is 7.95. The van der Waals surface area contributed by atoms with E-state index in [0.717, 1.165) is 48.3 Å². The minimum Gasteiger partial charge on any atom is -0.386 e. The number of hydrogen-bond acceptors (Lipinski definition) is 6. The molecule has 0 unspecified atom stereocenters. The normalized spacial score (nSPS) is 22.2. The van der Waals surface area contributed by atoms with Gasteiger partial charge in [-0.05, 0) is 45.1 Å². The number of methoxy groups -OCH3 is 1. The molecule has 1 saturated carbocycles. The van der Waals surface area contributed by atoms with Gasteiger partial charge in [0.2, 0.25) is 5.91 Å². The van der Waals surface area contributed by atoms with Crippen LogP contribution in [-0.2, 0) is 15.1 Å². The molecule has 0 bridgehead atoms. The van der Waals surface area contributed by atoms with Gasteiger partial charge < -0.3 is 20.1 Å². The third-order valence-corrected chi connectivity index (χ3v) is 5.90. The molecule has 1 aliphatic carbocycles. The first-order valence-electron chi connectivity index (χ1n) is 10.1. The van der Waals surface area contributed by atoms with Gasteiger partial charge >= 0.3 is 0 Å². The Hall–Kier alpha value is -2.51. The standard InChI is InChI=1S/C22H28N4O3/c1-22(2,28)15-6-4-14(5-7-15)18-12-23-20-21(24-18)26(13-19(27)25-20)16-8-10-17(29-3)11-9-16/h4-7,12,16-17,28H,8-11,13H2,1-3H3,(H,23,25,27). The van der Waals surface area contributed by atoms with Crippen LogP contribution in [0.1, 0.15) is 45.1 Å². The van der Waals surface area contributed by atoms with E-state index in [1.807, 2.05) is 24.3 Å². The Balaban J connectivity index is 1.63. The molecule has 2 aliphatic rings. The van der Waals surface area contributed by atoms with Gasteiger partial charge in [0.15, 0.2) is 11.6 Å². The first-order valence-corrected chi connectivity index (χ1v) is 10.1. The van der Waals surface area contributed by atoms with E-state index in [4.69, 9.17) is 9.72 Å². The van der Waals surface area contributed by atoms with Crippen LogP contribution in [0, 0.1) is 0 Å². The number of anilines is 2. The quantitative estimate of drug-likeness (QED) is 0.826. The lowest BCUT2D eigenvalue weighted by molar-refractivity contribution is -0.115. The largest absolute Gasteiger partial charge is 0.386 e. The van der Waals surface area contributed by atoms with Crippen LogP contribution < -0.4 is 10.2 Å². The van der Waals surface area contributed by atoms with Gasteiger partial charge in [0.05, 0.1) is 30.1 Å². The summed E-state index contributed by atoms with van der Waals surface area (Å²) in [5.74, 6) is 1.20. The Morgan fingerprint density at radius 2 is 1.86 bits per heavy atom. The molecule has 0 radical (unpaired) electrons. The van der Waals surface area contributed by atoms with Gasteiger partial charge in [0, 0.05) is 18.7 Å². The summed E-state index contributed by atoms with van der Waals surface area (Å²) in [4.78, 5) is 23.7. The van der Waals surface area contributed by atoms with E-state index in [9.17, 15) is 9.90 Å². The Labute approximate surface area is 171 Å². The maximum absolute atomic E-state index is 12.2. The van der Waals surface area contributed by atoms with E-state index >= 15 is 0 Å². The predicted octanol–water partition coefficient (Wildman–Crippen LogP) is 3.09. The lowest BCUT2D eigenvalue weighted by Gasteiger charge is -2.39. The van der Waals surface area contributed by atoms with Crippen LogP contribution in [0.15, 0.2) is 30.5 Å². The van der Waals surface area contributed by atoms with Gasteiger partial charge in [-0.2, -0.15) is 0 Å². The molecule has 2 heterocycles. The average molecular weight is 396 g/mol. The van der Waals surface area contributed by atoms with E-state index in [1.165, 1.54) is 0 Å². The molecular formula is C22H28N4O3. The number of fused-ring (bicyclic) bond motifs is 1.